The number of halogens is 2. The molecule has 0 unspecified atom stereocenters. The average Bonchev–Trinajstić information content (AvgIpc) is 2.55. The van der Waals surface area contributed by atoms with Gasteiger partial charge in [0.1, 0.15) is 0 Å². The standard InChI is InChI=1S/C17H17Cl2NO3.Al/c1-3-22-10-23-17(21)12-6-4-5-7-14(12)20-16-13(18)9-8-11(2)15(16)19;/h4-9,20H,3,10H2,1-2H3;. The number of carbonyl (C=O) groups is 1. The van der Waals surface area contributed by atoms with Crippen LogP contribution in [0.4, 0.5) is 11.4 Å². The second-order valence-electron chi connectivity index (χ2n) is 4.77. The molecule has 4 nitrogen and oxygen atoms in total. The highest BCUT2D eigenvalue weighted by Gasteiger charge is 2.15. The third-order valence-corrected chi connectivity index (χ3v) is 3.97. The molecule has 0 amide bonds. The summed E-state index contributed by atoms with van der Waals surface area (Å²) in [5.74, 6) is -0.485. The second kappa shape index (κ2) is 9.93. The van der Waals surface area contributed by atoms with Gasteiger partial charge >= 0.3 is 5.97 Å². The Morgan fingerprint density at radius 1 is 1.17 bits per heavy atom. The number of anilines is 2. The highest BCUT2D eigenvalue weighted by molar-refractivity contribution is 6.39. The summed E-state index contributed by atoms with van der Waals surface area (Å²) in [7, 11) is 0. The third-order valence-electron chi connectivity index (χ3n) is 3.17. The SMILES string of the molecule is CCOCOC(=O)c1ccccc1Nc1c(Cl)ccc(C)c1Cl.[Al]. The summed E-state index contributed by atoms with van der Waals surface area (Å²) >= 11 is 12.5. The van der Waals surface area contributed by atoms with Crippen molar-refractivity contribution in [2.24, 2.45) is 0 Å². The number of hydrogen-bond donors (Lipinski definition) is 1. The van der Waals surface area contributed by atoms with E-state index in [0.29, 0.717) is 33.6 Å². The van der Waals surface area contributed by atoms with Crippen molar-refractivity contribution in [2.45, 2.75) is 13.8 Å². The Morgan fingerprint density at radius 2 is 1.88 bits per heavy atom. The molecular weight excluding hydrogens is 364 g/mol. The van der Waals surface area contributed by atoms with Crippen LogP contribution >= 0.6 is 23.2 Å². The molecule has 3 radical (unpaired) electrons. The number of nitrogens with one attached hydrogen (secondary N) is 1. The van der Waals surface area contributed by atoms with Crippen LogP contribution in [0.1, 0.15) is 22.8 Å². The van der Waals surface area contributed by atoms with Crippen LogP contribution in [0.15, 0.2) is 36.4 Å². The van der Waals surface area contributed by atoms with Gasteiger partial charge in [0.2, 0.25) is 0 Å². The fourth-order valence-electron chi connectivity index (χ4n) is 1.93. The van der Waals surface area contributed by atoms with Crippen molar-refractivity contribution in [3.63, 3.8) is 0 Å². The van der Waals surface area contributed by atoms with Gasteiger partial charge in [0, 0.05) is 24.0 Å². The van der Waals surface area contributed by atoms with E-state index in [1.54, 1.807) is 30.3 Å². The molecule has 0 spiro atoms. The molecule has 2 aromatic rings. The first-order chi connectivity index (χ1) is 11.0. The molecule has 0 atom stereocenters. The van der Waals surface area contributed by atoms with Gasteiger partial charge in [-0.25, -0.2) is 4.79 Å². The number of rotatable bonds is 6. The minimum Gasteiger partial charge on any atom is -0.435 e. The zero-order chi connectivity index (χ0) is 16.8. The molecule has 24 heavy (non-hydrogen) atoms. The van der Waals surface area contributed by atoms with Crippen molar-refractivity contribution in [3.8, 4) is 0 Å². The monoisotopic (exact) mass is 380 g/mol. The average molecular weight is 381 g/mol. The molecule has 0 fully saturated rings. The predicted octanol–water partition coefficient (Wildman–Crippen LogP) is 4.82. The summed E-state index contributed by atoms with van der Waals surface area (Å²) in [4.78, 5) is 12.2. The number of ether oxygens (including phenoxy) is 2. The minimum atomic E-state index is -0.485. The number of hydrogen-bond acceptors (Lipinski definition) is 4. The minimum absolute atomic E-state index is 0. The predicted molar refractivity (Wildman–Crippen MR) is 98.6 cm³/mol. The van der Waals surface area contributed by atoms with Gasteiger partial charge in [-0.2, -0.15) is 0 Å². The molecule has 0 bridgehead atoms. The Labute approximate surface area is 162 Å². The zero-order valence-corrected chi connectivity index (χ0v) is 16.1. The topological polar surface area (TPSA) is 47.6 Å². The molecule has 0 saturated carbocycles. The fraction of sp³-hybridized carbons (Fsp3) is 0.235. The van der Waals surface area contributed by atoms with Crippen molar-refractivity contribution in [2.75, 3.05) is 18.7 Å². The molecule has 7 heteroatoms. The van der Waals surface area contributed by atoms with Crippen molar-refractivity contribution in [1.82, 2.24) is 0 Å². The Bertz CT molecular complexity index is 710. The lowest BCUT2D eigenvalue weighted by molar-refractivity contribution is -0.0273. The van der Waals surface area contributed by atoms with Crippen LogP contribution in [0.5, 0.6) is 0 Å². The molecule has 0 aliphatic carbocycles. The Hall–Kier alpha value is -1.22. The Balaban J connectivity index is 0.00000288. The van der Waals surface area contributed by atoms with E-state index in [1.807, 2.05) is 19.9 Å². The summed E-state index contributed by atoms with van der Waals surface area (Å²) in [5, 5.41) is 4.10. The lowest BCUT2D eigenvalue weighted by Gasteiger charge is -2.15. The van der Waals surface area contributed by atoms with E-state index < -0.39 is 5.97 Å². The molecular formula is C17H17AlCl2NO3. The third kappa shape index (κ3) is 5.14. The Kier molecular flexibility index (Phi) is 8.62. The van der Waals surface area contributed by atoms with E-state index in [1.165, 1.54) is 0 Å². The quantitative estimate of drug-likeness (QED) is 0.338. The number of para-hydroxylation sites is 1. The molecule has 0 aliphatic rings. The molecule has 2 rings (SSSR count). The van der Waals surface area contributed by atoms with E-state index in [2.05, 4.69) is 5.32 Å². The van der Waals surface area contributed by atoms with Gasteiger partial charge in [0.25, 0.3) is 0 Å². The summed E-state index contributed by atoms with van der Waals surface area (Å²) in [6.45, 7) is 4.09. The van der Waals surface area contributed by atoms with Gasteiger partial charge < -0.3 is 14.8 Å². The van der Waals surface area contributed by atoms with E-state index in [4.69, 9.17) is 32.7 Å². The highest BCUT2D eigenvalue weighted by Crippen LogP contribution is 2.36. The summed E-state index contributed by atoms with van der Waals surface area (Å²) in [5.41, 5.74) is 2.37. The van der Waals surface area contributed by atoms with Crippen LogP contribution < -0.4 is 5.32 Å². The van der Waals surface area contributed by atoms with Crippen molar-refractivity contribution >= 4 is 57.9 Å². The molecule has 0 heterocycles. The number of benzene rings is 2. The van der Waals surface area contributed by atoms with Gasteiger partial charge in [-0.05, 0) is 37.6 Å². The lowest BCUT2D eigenvalue weighted by atomic mass is 10.1. The van der Waals surface area contributed by atoms with Gasteiger partial charge in [-0.3, -0.25) is 0 Å². The van der Waals surface area contributed by atoms with Crippen LogP contribution in [0.25, 0.3) is 0 Å². The molecule has 125 valence electrons. The molecule has 0 aliphatic heterocycles. The zero-order valence-electron chi connectivity index (χ0n) is 13.4. The number of carbonyl (C=O) groups excluding carboxylic acids is 1. The molecule has 2 aromatic carbocycles. The second-order valence-corrected chi connectivity index (χ2v) is 5.55. The highest BCUT2D eigenvalue weighted by atomic mass is 35.5. The molecule has 1 N–H and O–H groups in total. The van der Waals surface area contributed by atoms with Gasteiger partial charge in [0.05, 0.1) is 27.0 Å². The smallest absolute Gasteiger partial charge is 0.342 e. The summed E-state index contributed by atoms with van der Waals surface area (Å²) in [6.07, 6.45) is 0. The lowest BCUT2D eigenvalue weighted by Crippen LogP contribution is -2.11. The van der Waals surface area contributed by atoms with Crippen LogP contribution in [0.3, 0.4) is 0 Å². The summed E-state index contributed by atoms with van der Waals surface area (Å²) in [6, 6.07) is 10.6. The first-order valence-corrected chi connectivity index (χ1v) is 7.85. The first-order valence-electron chi connectivity index (χ1n) is 7.10. The van der Waals surface area contributed by atoms with Crippen LogP contribution in [0.2, 0.25) is 10.0 Å². The maximum Gasteiger partial charge on any atom is 0.342 e. The Morgan fingerprint density at radius 3 is 2.58 bits per heavy atom. The largest absolute Gasteiger partial charge is 0.435 e. The van der Waals surface area contributed by atoms with E-state index >= 15 is 0 Å². The number of esters is 1. The van der Waals surface area contributed by atoms with Crippen LogP contribution in [-0.4, -0.2) is 36.7 Å². The van der Waals surface area contributed by atoms with E-state index in [0.717, 1.165) is 5.56 Å². The van der Waals surface area contributed by atoms with Gasteiger partial charge in [-0.15, -0.1) is 0 Å². The maximum atomic E-state index is 12.2. The number of aryl methyl sites for hydroxylation is 1. The van der Waals surface area contributed by atoms with Gasteiger partial charge in [0.15, 0.2) is 6.79 Å². The maximum absolute atomic E-state index is 12.2. The van der Waals surface area contributed by atoms with Gasteiger partial charge in [-0.1, -0.05) is 41.4 Å². The molecule has 0 saturated heterocycles. The summed E-state index contributed by atoms with van der Waals surface area (Å²) < 4.78 is 10.1. The fourth-order valence-corrected chi connectivity index (χ4v) is 2.40. The van der Waals surface area contributed by atoms with Crippen LogP contribution in [0, 0.1) is 6.92 Å². The van der Waals surface area contributed by atoms with Crippen molar-refractivity contribution in [3.05, 3.63) is 57.6 Å². The van der Waals surface area contributed by atoms with Crippen molar-refractivity contribution < 1.29 is 14.3 Å². The normalized spacial score (nSPS) is 10.0. The van der Waals surface area contributed by atoms with E-state index in [-0.39, 0.29) is 24.2 Å². The first kappa shape index (κ1) is 20.8. The molecule has 0 aromatic heterocycles. The van der Waals surface area contributed by atoms with Crippen LogP contribution in [-0.2, 0) is 9.47 Å². The van der Waals surface area contributed by atoms with Crippen molar-refractivity contribution in [1.29, 1.82) is 0 Å². The van der Waals surface area contributed by atoms with E-state index in [9.17, 15) is 4.79 Å².